The molecule has 5 heteroatoms. The molecule has 4 nitrogen and oxygen atoms in total. The quantitative estimate of drug-likeness (QED) is 0.363. The van der Waals surface area contributed by atoms with Crippen molar-refractivity contribution < 1.29 is 4.39 Å². The first-order chi connectivity index (χ1) is 16.1. The van der Waals surface area contributed by atoms with E-state index in [2.05, 4.69) is 53.4 Å². The molecule has 3 heterocycles. The minimum atomic E-state index is -0.234. The molecule has 4 aromatic rings. The maximum absolute atomic E-state index is 13.4. The summed E-state index contributed by atoms with van der Waals surface area (Å²) in [5.74, 6) is -0.234. The predicted octanol–water partition coefficient (Wildman–Crippen LogP) is 5.88. The molecule has 176 valence electrons. The van der Waals surface area contributed by atoms with Gasteiger partial charge < -0.3 is 4.90 Å². The maximum Gasteiger partial charge on any atom is 0.123 e. The van der Waals surface area contributed by atoms with E-state index in [1.54, 1.807) is 12.1 Å². The Labute approximate surface area is 202 Å². The van der Waals surface area contributed by atoms with E-state index in [1.165, 1.54) is 23.4 Å². The van der Waals surface area contributed by atoms with E-state index in [0.717, 1.165) is 55.8 Å². The van der Waals surface area contributed by atoms with Crippen LogP contribution in [0, 0.1) is 5.82 Å². The number of hydrogen-bond donors (Lipinski definition) is 0. The molecule has 2 aromatic heterocycles. The van der Waals surface area contributed by atoms with Crippen molar-refractivity contribution in [1.82, 2.24) is 19.7 Å². The van der Waals surface area contributed by atoms with Crippen LogP contribution in [0.4, 0.5) is 4.39 Å². The lowest BCUT2D eigenvalue weighted by Gasteiger charge is -2.41. The Morgan fingerprint density at radius 3 is 2.29 bits per heavy atom. The fraction of sp³-hybridized carbons (Fsp3) is 0.310. The topological polar surface area (TPSA) is 34.0 Å². The zero-order valence-electron chi connectivity index (χ0n) is 19.0. The van der Waals surface area contributed by atoms with Gasteiger partial charge in [-0.15, -0.1) is 0 Å². The van der Waals surface area contributed by atoms with Crippen LogP contribution in [0.5, 0.6) is 0 Å². The molecule has 0 amide bonds. The molecule has 2 aromatic carbocycles. The van der Waals surface area contributed by atoms with Crippen molar-refractivity contribution in [1.29, 1.82) is 0 Å². The first-order valence-electron chi connectivity index (χ1n) is 11.6. The number of nitrogens with zero attached hydrogens (tertiary/aromatic N) is 4. The molecule has 34 heavy (non-hydrogen) atoms. The zero-order chi connectivity index (χ0) is 22.7. The average molecular weight is 457 g/mol. The molecule has 0 aliphatic carbocycles. The second-order valence-corrected chi connectivity index (χ2v) is 8.92. The molecule has 0 spiro atoms. The van der Waals surface area contributed by atoms with Crippen LogP contribution in [0.2, 0.25) is 0 Å². The third kappa shape index (κ3) is 4.80. The molecule has 1 fully saturated rings. The van der Waals surface area contributed by atoms with E-state index >= 15 is 0 Å². The van der Waals surface area contributed by atoms with Crippen molar-refractivity contribution >= 4 is 0 Å². The molecular formula is C29H33FN4. The largest absolute Gasteiger partial charge is 0.303 e. The normalized spacial score (nSPS) is 15.6. The highest BCUT2D eigenvalue weighted by molar-refractivity contribution is 5.60. The van der Waals surface area contributed by atoms with E-state index in [1.807, 2.05) is 24.0 Å². The Bertz CT molecular complexity index is 1180. The van der Waals surface area contributed by atoms with Gasteiger partial charge in [0.15, 0.2) is 0 Å². The summed E-state index contributed by atoms with van der Waals surface area (Å²) in [6, 6.07) is 25.6. The minimum Gasteiger partial charge on any atom is -0.303 e. The van der Waals surface area contributed by atoms with E-state index in [9.17, 15) is 4.39 Å². The van der Waals surface area contributed by atoms with Crippen molar-refractivity contribution in [2.24, 2.45) is 7.05 Å². The van der Waals surface area contributed by atoms with Crippen LogP contribution in [-0.4, -0.2) is 39.3 Å². The van der Waals surface area contributed by atoms with E-state index in [-0.39, 0.29) is 18.7 Å². The fourth-order valence-electron chi connectivity index (χ4n) is 5.06. The van der Waals surface area contributed by atoms with E-state index < -0.39 is 0 Å². The van der Waals surface area contributed by atoms with Crippen LogP contribution < -0.4 is 0 Å². The predicted molar refractivity (Wildman–Crippen MR) is 136 cm³/mol. The summed E-state index contributed by atoms with van der Waals surface area (Å²) in [6.07, 6.45) is 4.93. The van der Waals surface area contributed by atoms with Gasteiger partial charge in [0.2, 0.25) is 0 Å². The molecule has 0 unspecified atom stereocenters. The molecule has 0 atom stereocenters. The molecule has 0 radical (unpaired) electrons. The van der Waals surface area contributed by atoms with Crippen molar-refractivity contribution in [3.63, 3.8) is 0 Å². The lowest BCUT2D eigenvalue weighted by atomic mass is 9.72. The van der Waals surface area contributed by atoms with Gasteiger partial charge in [0, 0.05) is 25.4 Å². The zero-order valence-corrected chi connectivity index (χ0v) is 19.0. The summed E-state index contributed by atoms with van der Waals surface area (Å²) in [4.78, 5) is 7.36. The number of hydrogen-bond acceptors (Lipinski definition) is 3. The first kappa shape index (κ1) is 23.8. The van der Waals surface area contributed by atoms with E-state index in [4.69, 9.17) is 10.1 Å². The molecule has 0 saturated carbocycles. The summed E-state index contributed by atoms with van der Waals surface area (Å²) in [5.41, 5.74) is 5.26. The van der Waals surface area contributed by atoms with Crippen molar-refractivity contribution in [2.45, 2.75) is 32.1 Å². The molecule has 0 bridgehead atoms. The second kappa shape index (κ2) is 10.3. The Hall–Kier alpha value is -3.31. The number of halogens is 1. The Morgan fingerprint density at radius 1 is 0.912 bits per heavy atom. The smallest absolute Gasteiger partial charge is 0.123 e. The summed E-state index contributed by atoms with van der Waals surface area (Å²) in [6.45, 7) is 3.09. The van der Waals surface area contributed by atoms with Crippen LogP contribution in [0.15, 0.2) is 85.1 Å². The lowest BCUT2D eigenvalue weighted by molar-refractivity contribution is 0.174. The fourth-order valence-corrected chi connectivity index (χ4v) is 5.06. The number of likely N-dealkylation sites (tertiary alicyclic amines) is 1. The first-order valence-corrected chi connectivity index (χ1v) is 11.6. The van der Waals surface area contributed by atoms with Crippen LogP contribution in [-0.2, 0) is 18.9 Å². The monoisotopic (exact) mass is 456 g/mol. The van der Waals surface area contributed by atoms with Gasteiger partial charge in [-0.25, -0.2) is 4.39 Å². The molecule has 5 rings (SSSR count). The van der Waals surface area contributed by atoms with Crippen LogP contribution >= 0.6 is 0 Å². The molecule has 1 saturated heterocycles. The Balaban J connectivity index is 0.00000274. The van der Waals surface area contributed by atoms with Gasteiger partial charge in [-0.05, 0) is 80.4 Å². The number of aromatic nitrogens is 3. The standard InChI is InChI=1S/C28H29FN4.CH4/c1-32-27(21-25(31-32)23-10-12-24(29)13-11-23)28(26-9-5-6-17-30-26)15-19-33(20-16-28)18-14-22-7-3-2-4-8-22;/h2-13,17,21H,14-16,18-20H2,1H3;1H4. The highest BCUT2D eigenvalue weighted by atomic mass is 19.1. The van der Waals surface area contributed by atoms with Gasteiger partial charge in [0.25, 0.3) is 0 Å². The Morgan fingerprint density at radius 2 is 1.62 bits per heavy atom. The third-order valence-corrected chi connectivity index (χ3v) is 6.93. The van der Waals surface area contributed by atoms with Crippen LogP contribution in [0.1, 0.15) is 37.2 Å². The van der Waals surface area contributed by atoms with Crippen LogP contribution in [0.3, 0.4) is 0 Å². The number of rotatable bonds is 6. The Kier molecular flexibility index (Phi) is 7.23. The van der Waals surface area contributed by atoms with Gasteiger partial charge in [-0.3, -0.25) is 9.67 Å². The van der Waals surface area contributed by atoms with Crippen molar-refractivity contribution in [3.8, 4) is 11.3 Å². The summed E-state index contributed by atoms with van der Waals surface area (Å²) >= 11 is 0. The van der Waals surface area contributed by atoms with Crippen molar-refractivity contribution in [3.05, 3.63) is 108 Å². The van der Waals surface area contributed by atoms with Gasteiger partial charge in [0.05, 0.1) is 22.5 Å². The number of benzene rings is 2. The average Bonchev–Trinajstić information content (AvgIpc) is 3.27. The molecule has 0 N–H and O–H groups in total. The lowest BCUT2D eigenvalue weighted by Crippen LogP contribution is -2.45. The summed E-state index contributed by atoms with van der Waals surface area (Å²) in [5, 5.41) is 4.80. The van der Waals surface area contributed by atoms with Gasteiger partial charge in [0.1, 0.15) is 5.82 Å². The third-order valence-electron chi connectivity index (χ3n) is 6.93. The number of aryl methyl sites for hydroxylation is 1. The van der Waals surface area contributed by atoms with Gasteiger partial charge in [-0.2, -0.15) is 5.10 Å². The summed E-state index contributed by atoms with van der Waals surface area (Å²) < 4.78 is 15.4. The number of piperidine rings is 1. The molecule has 1 aliphatic heterocycles. The molecule has 1 aliphatic rings. The van der Waals surface area contributed by atoms with Crippen LogP contribution in [0.25, 0.3) is 11.3 Å². The van der Waals surface area contributed by atoms with Crippen molar-refractivity contribution in [2.75, 3.05) is 19.6 Å². The SMILES string of the molecule is C.Cn1nc(-c2ccc(F)cc2)cc1C1(c2ccccn2)CCN(CCc2ccccc2)CC1. The second-order valence-electron chi connectivity index (χ2n) is 8.92. The van der Waals surface area contributed by atoms with Gasteiger partial charge >= 0.3 is 0 Å². The minimum absolute atomic E-state index is 0. The molecular weight excluding hydrogens is 423 g/mol. The highest BCUT2D eigenvalue weighted by Crippen LogP contribution is 2.41. The maximum atomic E-state index is 13.4. The van der Waals surface area contributed by atoms with Gasteiger partial charge in [-0.1, -0.05) is 43.8 Å². The highest BCUT2D eigenvalue weighted by Gasteiger charge is 2.41. The summed E-state index contributed by atoms with van der Waals surface area (Å²) in [7, 11) is 2.01. The number of pyridine rings is 1. The van der Waals surface area contributed by atoms with E-state index in [0.29, 0.717) is 0 Å².